The molecule has 0 aliphatic carbocycles. The minimum absolute atomic E-state index is 0.149. The number of fused-ring (bicyclic) bond motifs is 1. The highest BCUT2D eigenvalue weighted by atomic mass is 79.9. The zero-order valence-corrected chi connectivity index (χ0v) is 17.7. The van der Waals surface area contributed by atoms with E-state index < -0.39 is 5.54 Å². The first kappa shape index (κ1) is 18.6. The zero-order valence-electron chi connectivity index (χ0n) is 16.1. The standard InChI is InChI=1S/C26H19BrN2O/c27-22-15-9-14-21(18-22)26(19-10-3-1-4-11-19,20-12-5-2-6-13-20)29-24-17-8-7-16-23(24)28-25(29)30/h1-18H,(H,28,30). The van der Waals surface area contributed by atoms with Crippen molar-refractivity contribution in [3.05, 3.63) is 141 Å². The maximum Gasteiger partial charge on any atom is 0.327 e. The molecule has 0 atom stereocenters. The van der Waals surface area contributed by atoms with Gasteiger partial charge in [-0.05, 0) is 41.0 Å². The molecule has 0 bridgehead atoms. The Morgan fingerprint density at radius 3 is 1.87 bits per heavy atom. The number of para-hydroxylation sites is 2. The lowest BCUT2D eigenvalue weighted by Gasteiger charge is -2.37. The van der Waals surface area contributed by atoms with Gasteiger partial charge in [0.15, 0.2) is 0 Å². The molecule has 0 saturated carbocycles. The Morgan fingerprint density at radius 1 is 0.667 bits per heavy atom. The number of rotatable bonds is 4. The van der Waals surface area contributed by atoms with Gasteiger partial charge in [0.2, 0.25) is 0 Å². The average molecular weight is 455 g/mol. The molecular formula is C26H19BrN2O. The Hall–Kier alpha value is -3.37. The first-order valence-electron chi connectivity index (χ1n) is 9.78. The summed E-state index contributed by atoms with van der Waals surface area (Å²) in [5.74, 6) is 0. The number of benzene rings is 4. The van der Waals surface area contributed by atoms with E-state index in [2.05, 4.69) is 57.3 Å². The van der Waals surface area contributed by atoms with Gasteiger partial charge in [0.1, 0.15) is 5.54 Å². The Labute approximate surface area is 182 Å². The van der Waals surface area contributed by atoms with Crippen molar-refractivity contribution in [2.75, 3.05) is 0 Å². The van der Waals surface area contributed by atoms with Crippen molar-refractivity contribution in [2.45, 2.75) is 5.54 Å². The van der Waals surface area contributed by atoms with Crippen LogP contribution in [0.15, 0.2) is 118 Å². The van der Waals surface area contributed by atoms with Crippen LogP contribution in [0.1, 0.15) is 16.7 Å². The van der Waals surface area contributed by atoms with Gasteiger partial charge in [-0.3, -0.25) is 4.57 Å². The van der Waals surface area contributed by atoms with Crippen LogP contribution in [0.5, 0.6) is 0 Å². The fraction of sp³-hybridized carbons (Fsp3) is 0.0385. The Balaban J connectivity index is 2.03. The number of hydrogen-bond donors (Lipinski definition) is 1. The number of imidazole rings is 1. The lowest BCUT2D eigenvalue weighted by Crippen LogP contribution is -2.43. The van der Waals surface area contributed by atoms with E-state index in [0.29, 0.717) is 0 Å². The molecule has 0 aliphatic heterocycles. The average Bonchev–Trinajstić information content (AvgIpc) is 3.12. The van der Waals surface area contributed by atoms with E-state index in [1.165, 1.54) is 0 Å². The highest BCUT2D eigenvalue weighted by molar-refractivity contribution is 9.10. The number of halogens is 1. The molecule has 0 spiro atoms. The van der Waals surface area contributed by atoms with E-state index in [1.807, 2.05) is 77.4 Å². The van der Waals surface area contributed by atoms with Crippen molar-refractivity contribution >= 4 is 27.0 Å². The normalized spacial score (nSPS) is 11.6. The van der Waals surface area contributed by atoms with Crippen molar-refractivity contribution in [1.82, 2.24) is 9.55 Å². The molecule has 5 rings (SSSR count). The van der Waals surface area contributed by atoms with Gasteiger partial charge in [0.25, 0.3) is 0 Å². The number of H-pyrrole nitrogens is 1. The molecule has 1 aromatic heterocycles. The number of nitrogens with one attached hydrogen (secondary N) is 1. The lowest BCUT2D eigenvalue weighted by atomic mass is 9.76. The predicted octanol–water partition coefficient (Wildman–Crippen LogP) is 5.93. The molecule has 0 saturated heterocycles. The second kappa shape index (κ2) is 7.47. The predicted molar refractivity (Wildman–Crippen MR) is 125 cm³/mol. The molecule has 0 radical (unpaired) electrons. The van der Waals surface area contributed by atoms with Crippen LogP contribution in [0, 0.1) is 0 Å². The van der Waals surface area contributed by atoms with Crippen molar-refractivity contribution < 1.29 is 0 Å². The maximum absolute atomic E-state index is 13.5. The fourth-order valence-electron chi connectivity index (χ4n) is 4.35. The van der Waals surface area contributed by atoms with Gasteiger partial charge >= 0.3 is 5.69 Å². The molecule has 4 aromatic carbocycles. The first-order chi connectivity index (χ1) is 14.7. The summed E-state index contributed by atoms with van der Waals surface area (Å²) < 4.78 is 2.85. The summed E-state index contributed by atoms with van der Waals surface area (Å²) in [6.07, 6.45) is 0. The van der Waals surface area contributed by atoms with Gasteiger partial charge in [0, 0.05) is 4.47 Å². The minimum Gasteiger partial charge on any atom is -0.305 e. The van der Waals surface area contributed by atoms with E-state index in [9.17, 15) is 4.79 Å². The smallest absolute Gasteiger partial charge is 0.305 e. The van der Waals surface area contributed by atoms with E-state index in [-0.39, 0.29) is 5.69 Å². The van der Waals surface area contributed by atoms with Crippen molar-refractivity contribution in [1.29, 1.82) is 0 Å². The van der Waals surface area contributed by atoms with Crippen LogP contribution in [0.4, 0.5) is 0 Å². The summed E-state index contributed by atoms with van der Waals surface area (Å²) in [5.41, 5.74) is 3.71. The van der Waals surface area contributed by atoms with Crippen LogP contribution in [-0.4, -0.2) is 9.55 Å². The van der Waals surface area contributed by atoms with Crippen molar-refractivity contribution in [2.24, 2.45) is 0 Å². The molecule has 1 N–H and O–H groups in total. The van der Waals surface area contributed by atoms with Crippen LogP contribution in [-0.2, 0) is 5.54 Å². The monoisotopic (exact) mass is 454 g/mol. The maximum atomic E-state index is 13.5. The SMILES string of the molecule is O=c1[nH]c2ccccc2n1C(c1ccccc1)(c1ccccc1)c1cccc(Br)c1. The number of hydrogen-bond acceptors (Lipinski definition) is 1. The number of nitrogens with zero attached hydrogens (tertiary/aromatic N) is 1. The number of aromatic nitrogens is 2. The van der Waals surface area contributed by atoms with Gasteiger partial charge in [-0.15, -0.1) is 0 Å². The topological polar surface area (TPSA) is 37.8 Å². The summed E-state index contributed by atoms with van der Waals surface area (Å²) in [6.45, 7) is 0. The van der Waals surface area contributed by atoms with Crippen LogP contribution < -0.4 is 5.69 Å². The third-order valence-electron chi connectivity index (χ3n) is 5.55. The van der Waals surface area contributed by atoms with Crippen molar-refractivity contribution in [3.8, 4) is 0 Å². The van der Waals surface area contributed by atoms with Gasteiger partial charge in [-0.25, -0.2) is 4.79 Å². The fourth-order valence-corrected chi connectivity index (χ4v) is 4.75. The second-order valence-corrected chi connectivity index (χ2v) is 8.15. The second-order valence-electron chi connectivity index (χ2n) is 7.24. The van der Waals surface area contributed by atoms with Gasteiger partial charge in [-0.1, -0.05) is 101 Å². The summed E-state index contributed by atoms with van der Waals surface area (Å²) >= 11 is 3.64. The highest BCUT2D eigenvalue weighted by Gasteiger charge is 2.40. The molecule has 0 amide bonds. The molecule has 3 nitrogen and oxygen atoms in total. The molecule has 0 unspecified atom stereocenters. The van der Waals surface area contributed by atoms with Gasteiger partial charge in [0.05, 0.1) is 11.0 Å². The first-order valence-corrected chi connectivity index (χ1v) is 10.6. The van der Waals surface area contributed by atoms with Gasteiger partial charge < -0.3 is 4.98 Å². The molecule has 30 heavy (non-hydrogen) atoms. The quantitative estimate of drug-likeness (QED) is 0.335. The molecule has 5 aromatic rings. The lowest BCUT2D eigenvalue weighted by molar-refractivity contribution is 0.514. The zero-order chi connectivity index (χ0) is 20.6. The van der Waals surface area contributed by atoms with E-state index in [4.69, 9.17) is 0 Å². The number of aromatic amines is 1. The Morgan fingerprint density at radius 2 is 1.23 bits per heavy atom. The van der Waals surface area contributed by atoms with Crippen molar-refractivity contribution in [3.63, 3.8) is 0 Å². The van der Waals surface area contributed by atoms with Crippen LogP contribution in [0.25, 0.3) is 11.0 Å². The summed E-state index contributed by atoms with van der Waals surface area (Å²) in [6, 6.07) is 36.4. The Kier molecular flexibility index (Phi) is 4.64. The Bertz CT molecular complexity index is 1330. The molecule has 0 fully saturated rings. The van der Waals surface area contributed by atoms with Crippen LogP contribution in [0.2, 0.25) is 0 Å². The van der Waals surface area contributed by atoms with Crippen LogP contribution >= 0.6 is 15.9 Å². The molecular weight excluding hydrogens is 436 g/mol. The third-order valence-corrected chi connectivity index (χ3v) is 6.04. The molecule has 0 aliphatic rings. The summed E-state index contributed by atoms with van der Waals surface area (Å²) in [5, 5.41) is 0. The summed E-state index contributed by atoms with van der Waals surface area (Å²) in [7, 11) is 0. The van der Waals surface area contributed by atoms with E-state index in [0.717, 1.165) is 32.2 Å². The molecule has 1 heterocycles. The highest BCUT2D eigenvalue weighted by Crippen LogP contribution is 2.42. The molecule has 146 valence electrons. The minimum atomic E-state index is -0.844. The van der Waals surface area contributed by atoms with E-state index >= 15 is 0 Å². The molecule has 4 heteroatoms. The van der Waals surface area contributed by atoms with Gasteiger partial charge in [-0.2, -0.15) is 0 Å². The van der Waals surface area contributed by atoms with Crippen LogP contribution in [0.3, 0.4) is 0 Å². The summed E-state index contributed by atoms with van der Waals surface area (Å²) in [4.78, 5) is 16.5. The third kappa shape index (κ3) is 2.84. The van der Waals surface area contributed by atoms with E-state index in [1.54, 1.807) is 0 Å². The largest absolute Gasteiger partial charge is 0.327 e.